The second kappa shape index (κ2) is 9.80. The van der Waals surface area contributed by atoms with Gasteiger partial charge in [0.05, 0.1) is 17.3 Å². The van der Waals surface area contributed by atoms with Crippen molar-refractivity contribution in [2.75, 3.05) is 22.6 Å². The zero-order valence-electron chi connectivity index (χ0n) is 16.7. The van der Waals surface area contributed by atoms with Crippen molar-refractivity contribution >= 4 is 49.7 Å². The van der Waals surface area contributed by atoms with Crippen LogP contribution in [0.1, 0.15) is 12.0 Å². The maximum Gasteiger partial charge on any atom is 0.233 e. The van der Waals surface area contributed by atoms with Crippen LogP contribution in [-0.4, -0.2) is 52.7 Å². The molecular formula is C21H22N4O3S3. The molecule has 1 fully saturated rings. The van der Waals surface area contributed by atoms with E-state index in [9.17, 15) is 13.2 Å². The van der Waals surface area contributed by atoms with Crippen LogP contribution in [0.3, 0.4) is 0 Å². The molecule has 31 heavy (non-hydrogen) atoms. The largest absolute Gasteiger partial charge is 0.334 e. The zero-order valence-corrected chi connectivity index (χ0v) is 19.1. The van der Waals surface area contributed by atoms with Gasteiger partial charge in [-0.05, 0) is 24.1 Å². The molecule has 1 saturated heterocycles. The molecule has 0 saturated carbocycles. The molecule has 0 radical (unpaired) electrons. The summed E-state index contributed by atoms with van der Waals surface area (Å²) in [5.41, 5.74) is 1.90. The minimum absolute atomic E-state index is 0.0280. The quantitative estimate of drug-likeness (QED) is 0.499. The summed E-state index contributed by atoms with van der Waals surface area (Å²) in [4.78, 5) is 14.8. The van der Waals surface area contributed by atoms with Crippen LogP contribution in [0.5, 0.6) is 0 Å². The van der Waals surface area contributed by atoms with E-state index in [4.69, 9.17) is 0 Å². The number of hydrogen-bond acceptors (Lipinski definition) is 8. The first-order chi connectivity index (χ1) is 15.0. The molecule has 0 bridgehead atoms. The number of amides is 1. The van der Waals surface area contributed by atoms with E-state index in [1.807, 2.05) is 60.7 Å². The fourth-order valence-electron chi connectivity index (χ4n) is 3.39. The van der Waals surface area contributed by atoms with Gasteiger partial charge in [-0.15, -0.1) is 10.2 Å². The SMILES string of the molecule is O=C(CSc1nnc(Nc2ccccc2)s1)N(Cc1ccccc1)[C@H]1CCS(=O)(=O)C1. The molecule has 2 aromatic carbocycles. The molecule has 2 heterocycles. The number of para-hydroxylation sites is 1. The van der Waals surface area contributed by atoms with Crippen LogP contribution >= 0.6 is 23.1 Å². The minimum Gasteiger partial charge on any atom is -0.334 e. The van der Waals surface area contributed by atoms with Crippen molar-refractivity contribution < 1.29 is 13.2 Å². The number of carbonyl (C=O) groups excluding carboxylic acids is 1. The van der Waals surface area contributed by atoms with Crippen molar-refractivity contribution in [2.24, 2.45) is 0 Å². The lowest BCUT2D eigenvalue weighted by molar-refractivity contribution is -0.130. The first kappa shape index (κ1) is 21.8. The number of rotatable bonds is 8. The Balaban J connectivity index is 1.40. The van der Waals surface area contributed by atoms with E-state index >= 15 is 0 Å². The molecular weight excluding hydrogens is 452 g/mol. The summed E-state index contributed by atoms with van der Waals surface area (Å²) < 4.78 is 24.7. The Kier molecular flexibility index (Phi) is 6.89. The third-order valence-electron chi connectivity index (χ3n) is 4.92. The molecule has 162 valence electrons. The molecule has 3 aromatic rings. The Morgan fingerprint density at radius 3 is 2.48 bits per heavy atom. The summed E-state index contributed by atoms with van der Waals surface area (Å²) in [5, 5.41) is 12.1. The normalized spacial score (nSPS) is 17.4. The number of hydrogen-bond donors (Lipinski definition) is 1. The van der Waals surface area contributed by atoms with Gasteiger partial charge in [0.2, 0.25) is 11.0 Å². The standard InChI is InChI=1S/C21H22N4O3S3/c26-19(14-29-21-24-23-20(30-21)22-17-9-5-2-6-10-17)25(13-16-7-3-1-4-8-16)18-11-12-31(27,28)15-18/h1-10,18H,11-15H2,(H,22,23)/t18-/m0/s1. The van der Waals surface area contributed by atoms with E-state index < -0.39 is 9.84 Å². The van der Waals surface area contributed by atoms with Crippen LogP contribution < -0.4 is 5.32 Å². The average molecular weight is 475 g/mol. The van der Waals surface area contributed by atoms with Crippen molar-refractivity contribution in [3.05, 3.63) is 66.2 Å². The first-order valence-corrected chi connectivity index (χ1v) is 13.4. The van der Waals surface area contributed by atoms with Crippen LogP contribution in [0.25, 0.3) is 0 Å². The highest BCUT2D eigenvalue weighted by Gasteiger charge is 2.34. The van der Waals surface area contributed by atoms with Gasteiger partial charge in [-0.25, -0.2) is 8.42 Å². The van der Waals surface area contributed by atoms with E-state index in [0.717, 1.165) is 11.3 Å². The molecule has 1 atom stereocenters. The van der Waals surface area contributed by atoms with Gasteiger partial charge in [-0.1, -0.05) is 71.6 Å². The van der Waals surface area contributed by atoms with Crippen molar-refractivity contribution in [1.82, 2.24) is 15.1 Å². The molecule has 1 aliphatic heterocycles. The van der Waals surface area contributed by atoms with Crippen molar-refractivity contribution in [2.45, 2.75) is 23.3 Å². The second-order valence-electron chi connectivity index (χ2n) is 7.22. The molecule has 1 aliphatic rings. The van der Waals surface area contributed by atoms with Crippen LogP contribution in [0.4, 0.5) is 10.8 Å². The number of benzene rings is 2. The van der Waals surface area contributed by atoms with Crippen LogP contribution in [-0.2, 0) is 21.2 Å². The molecule has 0 aliphatic carbocycles. The predicted molar refractivity (Wildman–Crippen MR) is 124 cm³/mol. The van der Waals surface area contributed by atoms with Gasteiger partial charge in [0.15, 0.2) is 14.2 Å². The fourth-order valence-corrected chi connectivity index (χ4v) is 6.78. The third-order valence-corrected chi connectivity index (χ3v) is 8.62. The summed E-state index contributed by atoms with van der Waals surface area (Å²) in [6.07, 6.45) is 0.482. The van der Waals surface area contributed by atoms with Crippen LogP contribution in [0, 0.1) is 0 Å². The fraction of sp³-hybridized carbons (Fsp3) is 0.286. The topological polar surface area (TPSA) is 92.3 Å². The minimum atomic E-state index is -3.09. The van der Waals surface area contributed by atoms with E-state index in [0.29, 0.717) is 22.4 Å². The van der Waals surface area contributed by atoms with Crippen LogP contribution in [0.15, 0.2) is 65.0 Å². The molecule has 1 N–H and O–H groups in total. The van der Waals surface area contributed by atoms with Crippen molar-refractivity contribution in [3.8, 4) is 0 Å². The lowest BCUT2D eigenvalue weighted by Gasteiger charge is -2.28. The van der Waals surface area contributed by atoms with E-state index in [1.54, 1.807) is 4.90 Å². The summed E-state index contributed by atoms with van der Waals surface area (Å²) in [5.74, 6) is 0.251. The maximum absolute atomic E-state index is 13.1. The highest BCUT2D eigenvalue weighted by molar-refractivity contribution is 8.01. The highest BCUT2D eigenvalue weighted by atomic mass is 32.2. The van der Waals surface area contributed by atoms with Crippen LogP contribution in [0.2, 0.25) is 0 Å². The lowest BCUT2D eigenvalue weighted by atomic mass is 10.1. The Labute approximate surface area is 189 Å². The number of nitrogens with one attached hydrogen (secondary N) is 1. The van der Waals surface area contributed by atoms with Gasteiger partial charge in [-0.3, -0.25) is 4.79 Å². The van der Waals surface area contributed by atoms with Gasteiger partial charge in [0, 0.05) is 18.3 Å². The summed E-state index contributed by atoms with van der Waals surface area (Å²) in [6, 6.07) is 19.0. The molecule has 10 heteroatoms. The van der Waals surface area contributed by atoms with Gasteiger partial charge in [-0.2, -0.15) is 0 Å². The van der Waals surface area contributed by atoms with Gasteiger partial charge in [0.1, 0.15) is 0 Å². The molecule has 1 amide bonds. The van der Waals surface area contributed by atoms with E-state index in [1.165, 1.54) is 23.1 Å². The van der Waals surface area contributed by atoms with E-state index in [-0.39, 0.29) is 29.2 Å². The highest BCUT2D eigenvalue weighted by Crippen LogP contribution is 2.29. The second-order valence-corrected chi connectivity index (χ2v) is 11.6. The van der Waals surface area contributed by atoms with E-state index in [2.05, 4.69) is 15.5 Å². The number of sulfone groups is 1. The van der Waals surface area contributed by atoms with Gasteiger partial charge < -0.3 is 10.2 Å². The Morgan fingerprint density at radius 1 is 1.10 bits per heavy atom. The summed E-state index contributed by atoms with van der Waals surface area (Å²) >= 11 is 2.70. The monoisotopic (exact) mass is 474 g/mol. The lowest BCUT2D eigenvalue weighted by Crippen LogP contribution is -2.41. The Hall–Kier alpha value is -2.43. The number of anilines is 2. The number of nitrogens with zero attached hydrogens (tertiary/aromatic N) is 3. The van der Waals surface area contributed by atoms with Gasteiger partial charge >= 0.3 is 0 Å². The van der Waals surface area contributed by atoms with Crippen molar-refractivity contribution in [1.29, 1.82) is 0 Å². The molecule has 4 rings (SSSR count). The van der Waals surface area contributed by atoms with Crippen molar-refractivity contribution in [3.63, 3.8) is 0 Å². The zero-order chi connectivity index (χ0) is 21.7. The van der Waals surface area contributed by atoms with Gasteiger partial charge in [0.25, 0.3) is 0 Å². The average Bonchev–Trinajstić information content (AvgIpc) is 3.37. The number of aromatic nitrogens is 2. The summed E-state index contributed by atoms with van der Waals surface area (Å²) in [7, 11) is -3.09. The Bertz CT molecular complexity index is 1120. The smallest absolute Gasteiger partial charge is 0.233 e. The number of thioether (sulfide) groups is 1. The molecule has 0 unspecified atom stereocenters. The third kappa shape index (κ3) is 6.05. The number of carbonyl (C=O) groups is 1. The first-order valence-electron chi connectivity index (χ1n) is 9.81. The molecule has 1 aromatic heterocycles. The summed E-state index contributed by atoms with van der Waals surface area (Å²) in [6.45, 7) is 0.400. The molecule has 7 nitrogen and oxygen atoms in total. The predicted octanol–water partition coefficient (Wildman–Crippen LogP) is 3.59. The molecule has 0 spiro atoms. The Morgan fingerprint density at radius 2 is 1.81 bits per heavy atom. The maximum atomic E-state index is 13.1.